The van der Waals surface area contributed by atoms with E-state index in [9.17, 15) is 14.4 Å². The van der Waals surface area contributed by atoms with Crippen LogP contribution in [0.15, 0.2) is 24.3 Å². The normalized spacial score (nSPS) is 13.1. The summed E-state index contributed by atoms with van der Waals surface area (Å²) in [6, 6.07) is 0. The smallest absolute Gasteiger partial charge is 0.307 e. The Bertz CT molecular complexity index is 534. The Morgan fingerprint density at radius 2 is 1.46 bits per heavy atom. The zero-order chi connectivity index (χ0) is 21.4. The van der Waals surface area contributed by atoms with Crippen molar-refractivity contribution in [3.05, 3.63) is 24.3 Å². The molecule has 28 heavy (non-hydrogen) atoms. The SMILES string of the molecule is C[N+](C)(C)CC(CC(=O)O)OC(=O)CCCC/C=C/C/C=C/CCCC(=O)O. The number of nitrogens with zero attached hydrogens (tertiary/aromatic N) is 1. The second-order valence-corrected chi connectivity index (χ2v) is 7.89. The molecule has 0 saturated heterocycles. The summed E-state index contributed by atoms with van der Waals surface area (Å²) in [5.74, 6) is -2.07. The molecule has 0 bridgehead atoms. The highest BCUT2D eigenvalue weighted by atomic mass is 16.5. The zero-order valence-electron chi connectivity index (χ0n) is 17.4. The monoisotopic (exact) mass is 398 g/mol. The predicted molar refractivity (Wildman–Crippen MR) is 108 cm³/mol. The molecule has 0 heterocycles. The van der Waals surface area contributed by atoms with Gasteiger partial charge in [-0.1, -0.05) is 24.3 Å². The van der Waals surface area contributed by atoms with Gasteiger partial charge in [0, 0.05) is 12.8 Å². The molecule has 2 N–H and O–H groups in total. The standard InChI is InChI=1S/C21H35NO6/c1-22(2,3)17-18(16-20(25)26)28-21(27)15-13-11-9-7-5-4-6-8-10-12-14-19(23)24/h5-8,18H,4,9-17H2,1-3H3,(H-,23,24,25,26)/p+1/b7-5+,8-6+. The van der Waals surface area contributed by atoms with E-state index in [0.29, 0.717) is 30.3 Å². The van der Waals surface area contributed by atoms with Crippen LogP contribution in [-0.2, 0) is 19.1 Å². The fraction of sp³-hybridized carbons (Fsp3) is 0.667. The molecule has 0 aromatic heterocycles. The number of unbranched alkanes of at least 4 members (excludes halogenated alkanes) is 3. The van der Waals surface area contributed by atoms with Gasteiger partial charge in [-0.2, -0.15) is 0 Å². The van der Waals surface area contributed by atoms with E-state index < -0.39 is 18.0 Å². The number of carbonyl (C=O) groups is 3. The van der Waals surface area contributed by atoms with Crippen LogP contribution in [0.2, 0.25) is 0 Å². The first-order valence-corrected chi connectivity index (χ1v) is 9.83. The number of rotatable bonds is 16. The van der Waals surface area contributed by atoms with Crippen molar-refractivity contribution in [3.63, 3.8) is 0 Å². The molecule has 0 aromatic carbocycles. The molecular weight excluding hydrogens is 362 g/mol. The summed E-state index contributed by atoms with van der Waals surface area (Å²) in [6.07, 6.45) is 12.6. The van der Waals surface area contributed by atoms with Gasteiger partial charge in [0.15, 0.2) is 6.10 Å². The summed E-state index contributed by atoms with van der Waals surface area (Å²) < 4.78 is 5.88. The molecule has 0 saturated carbocycles. The summed E-state index contributed by atoms with van der Waals surface area (Å²) in [5.41, 5.74) is 0. The number of aliphatic carboxylic acids is 2. The van der Waals surface area contributed by atoms with Crippen molar-refractivity contribution in [2.45, 2.75) is 63.9 Å². The molecule has 7 heteroatoms. The molecule has 0 aliphatic carbocycles. The van der Waals surface area contributed by atoms with Crippen LogP contribution in [0.4, 0.5) is 0 Å². The van der Waals surface area contributed by atoms with E-state index in [1.165, 1.54) is 0 Å². The van der Waals surface area contributed by atoms with Gasteiger partial charge in [-0.15, -0.1) is 0 Å². The maximum Gasteiger partial charge on any atom is 0.307 e. The van der Waals surface area contributed by atoms with Crippen LogP contribution in [0, 0.1) is 0 Å². The Morgan fingerprint density at radius 1 is 0.857 bits per heavy atom. The number of ether oxygens (including phenoxy) is 1. The Morgan fingerprint density at radius 3 is 2.00 bits per heavy atom. The molecule has 0 aliphatic heterocycles. The Hall–Kier alpha value is -2.15. The molecule has 0 aliphatic rings. The topological polar surface area (TPSA) is 101 Å². The van der Waals surface area contributed by atoms with Gasteiger partial charge in [-0.25, -0.2) is 0 Å². The lowest BCUT2D eigenvalue weighted by Crippen LogP contribution is -2.43. The van der Waals surface area contributed by atoms with Crippen molar-refractivity contribution >= 4 is 17.9 Å². The van der Waals surface area contributed by atoms with Crippen LogP contribution >= 0.6 is 0 Å². The van der Waals surface area contributed by atoms with Gasteiger partial charge in [0.1, 0.15) is 6.54 Å². The first-order chi connectivity index (χ1) is 13.1. The number of hydrogen-bond acceptors (Lipinski definition) is 4. The maximum absolute atomic E-state index is 11.9. The van der Waals surface area contributed by atoms with Gasteiger partial charge < -0.3 is 19.4 Å². The Labute approximate surface area is 168 Å². The van der Waals surface area contributed by atoms with Crippen molar-refractivity contribution in [3.8, 4) is 0 Å². The van der Waals surface area contributed by atoms with Crippen LogP contribution in [0.5, 0.6) is 0 Å². The van der Waals surface area contributed by atoms with Crippen molar-refractivity contribution in [1.82, 2.24) is 0 Å². The third kappa shape index (κ3) is 18.6. The summed E-state index contributed by atoms with van der Waals surface area (Å²) >= 11 is 0. The highest BCUT2D eigenvalue weighted by Crippen LogP contribution is 2.09. The van der Waals surface area contributed by atoms with E-state index in [1.54, 1.807) is 0 Å². The Kier molecular flexibility index (Phi) is 13.7. The quantitative estimate of drug-likeness (QED) is 0.179. The second kappa shape index (κ2) is 14.9. The van der Waals surface area contributed by atoms with Crippen LogP contribution < -0.4 is 0 Å². The lowest BCUT2D eigenvalue weighted by molar-refractivity contribution is -0.873. The summed E-state index contributed by atoms with van der Waals surface area (Å²) in [5, 5.41) is 17.5. The first kappa shape index (κ1) is 25.9. The highest BCUT2D eigenvalue weighted by molar-refractivity contribution is 5.71. The molecule has 0 amide bonds. The average molecular weight is 399 g/mol. The number of allylic oxidation sites excluding steroid dienone is 4. The van der Waals surface area contributed by atoms with Gasteiger partial charge in [0.25, 0.3) is 0 Å². The zero-order valence-corrected chi connectivity index (χ0v) is 17.4. The number of carboxylic acid groups (broad SMARTS) is 2. The maximum atomic E-state index is 11.9. The summed E-state index contributed by atoms with van der Waals surface area (Å²) in [7, 11) is 5.79. The van der Waals surface area contributed by atoms with E-state index in [4.69, 9.17) is 14.9 Å². The third-order valence-electron chi connectivity index (χ3n) is 3.82. The molecule has 0 spiro atoms. The molecule has 1 unspecified atom stereocenters. The molecule has 0 aromatic rings. The lowest BCUT2D eigenvalue weighted by Gasteiger charge is -2.28. The van der Waals surface area contributed by atoms with E-state index in [1.807, 2.05) is 33.3 Å². The van der Waals surface area contributed by atoms with Gasteiger partial charge in [-0.05, 0) is 38.5 Å². The molecule has 0 rings (SSSR count). The van der Waals surface area contributed by atoms with Crippen molar-refractivity contribution in [2.75, 3.05) is 27.7 Å². The second-order valence-electron chi connectivity index (χ2n) is 7.89. The number of carboxylic acids is 2. The Balaban J connectivity index is 3.88. The van der Waals surface area contributed by atoms with E-state index >= 15 is 0 Å². The minimum absolute atomic E-state index is 0.173. The van der Waals surface area contributed by atoms with Crippen LogP contribution in [0.1, 0.15) is 57.8 Å². The van der Waals surface area contributed by atoms with E-state index in [-0.39, 0.29) is 18.8 Å². The molecule has 7 nitrogen and oxygen atoms in total. The largest absolute Gasteiger partial charge is 0.481 e. The van der Waals surface area contributed by atoms with Crippen molar-refractivity contribution in [2.24, 2.45) is 0 Å². The predicted octanol–water partition coefficient (Wildman–Crippen LogP) is 3.40. The third-order valence-corrected chi connectivity index (χ3v) is 3.82. The van der Waals surface area contributed by atoms with Crippen molar-refractivity contribution < 1.29 is 33.8 Å². The molecule has 160 valence electrons. The van der Waals surface area contributed by atoms with Crippen LogP contribution in [-0.4, -0.2) is 66.4 Å². The number of esters is 1. The van der Waals surface area contributed by atoms with Gasteiger partial charge in [0.2, 0.25) is 0 Å². The number of quaternary nitrogens is 1. The highest BCUT2D eigenvalue weighted by Gasteiger charge is 2.24. The van der Waals surface area contributed by atoms with Crippen LogP contribution in [0.3, 0.4) is 0 Å². The van der Waals surface area contributed by atoms with Gasteiger partial charge in [-0.3, -0.25) is 14.4 Å². The lowest BCUT2D eigenvalue weighted by atomic mass is 10.1. The summed E-state index contributed by atoms with van der Waals surface area (Å²) in [4.78, 5) is 33.2. The summed E-state index contributed by atoms with van der Waals surface area (Å²) in [6.45, 7) is 0.463. The minimum Gasteiger partial charge on any atom is -0.481 e. The van der Waals surface area contributed by atoms with E-state index in [0.717, 1.165) is 25.7 Å². The van der Waals surface area contributed by atoms with E-state index in [2.05, 4.69) is 12.2 Å². The van der Waals surface area contributed by atoms with Gasteiger partial charge in [0.05, 0.1) is 27.6 Å². The fourth-order valence-electron chi connectivity index (χ4n) is 2.60. The molecule has 0 fully saturated rings. The van der Waals surface area contributed by atoms with Gasteiger partial charge >= 0.3 is 17.9 Å². The molecule has 1 atom stereocenters. The average Bonchev–Trinajstić information content (AvgIpc) is 2.53. The van der Waals surface area contributed by atoms with Crippen molar-refractivity contribution in [1.29, 1.82) is 0 Å². The fourth-order valence-corrected chi connectivity index (χ4v) is 2.60. The minimum atomic E-state index is -0.965. The number of hydrogen-bond donors (Lipinski definition) is 2. The molecular formula is C21H36NO6+. The number of likely N-dealkylation sites (N-methyl/N-ethyl adjacent to an activating group) is 1. The molecule has 0 radical (unpaired) electrons. The number of carbonyl (C=O) groups excluding carboxylic acids is 1. The first-order valence-electron chi connectivity index (χ1n) is 9.83. The van der Waals surface area contributed by atoms with Crippen LogP contribution in [0.25, 0.3) is 0 Å².